The summed E-state index contributed by atoms with van der Waals surface area (Å²) in [5, 5.41) is 6.01. The van der Waals surface area contributed by atoms with E-state index in [4.69, 9.17) is 5.73 Å². The molecular formula is C21H22N4O2. The van der Waals surface area contributed by atoms with E-state index in [0.29, 0.717) is 19.5 Å². The van der Waals surface area contributed by atoms with E-state index in [-0.39, 0.29) is 12.5 Å². The Bertz CT molecular complexity index is 894. The van der Waals surface area contributed by atoms with Crippen molar-refractivity contribution in [1.29, 1.82) is 0 Å². The third-order valence-electron chi connectivity index (χ3n) is 5.21. The molecule has 0 radical (unpaired) electrons. The van der Waals surface area contributed by atoms with Crippen LogP contribution in [0.5, 0.6) is 0 Å². The molecule has 2 heterocycles. The molecule has 2 aromatic rings. The molecule has 2 aliphatic heterocycles. The van der Waals surface area contributed by atoms with Gasteiger partial charge in [0.25, 0.3) is 5.91 Å². The molecule has 0 fully saturated rings. The summed E-state index contributed by atoms with van der Waals surface area (Å²) in [6.45, 7) is 1.24. The van der Waals surface area contributed by atoms with Crippen LogP contribution in [-0.2, 0) is 22.6 Å². The zero-order chi connectivity index (χ0) is 18.8. The smallest absolute Gasteiger partial charge is 0.256 e. The lowest BCUT2D eigenvalue weighted by Gasteiger charge is -2.34. The first-order valence-electron chi connectivity index (χ1n) is 9.15. The van der Waals surface area contributed by atoms with Crippen LogP contribution in [0.2, 0.25) is 0 Å². The van der Waals surface area contributed by atoms with Crippen molar-refractivity contribution < 1.29 is 9.59 Å². The van der Waals surface area contributed by atoms with Gasteiger partial charge in [0.2, 0.25) is 5.91 Å². The van der Waals surface area contributed by atoms with Crippen LogP contribution in [0.25, 0.3) is 0 Å². The maximum atomic E-state index is 12.8. The number of hydrogen-bond donors (Lipinski definition) is 1. The van der Waals surface area contributed by atoms with Gasteiger partial charge in [-0.15, -0.1) is 0 Å². The van der Waals surface area contributed by atoms with Crippen molar-refractivity contribution in [3.05, 3.63) is 71.3 Å². The monoisotopic (exact) mass is 362 g/mol. The van der Waals surface area contributed by atoms with Crippen molar-refractivity contribution in [3.63, 3.8) is 0 Å². The molecule has 0 bridgehead atoms. The van der Waals surface area contributed by atoms with Gasteiger partial charge in [-0.05, 0) is 23.1 Å². The molecule has 0 spiro atoms. The number of nitrogens with zero attached hydrogens (tertiary/aromatic N) is 3. The molecule has 0 saturated heterocycles. The highest BCUT2D eigenvalue weighted by atomic mass is 16.2. The second-order valence-electron chi connectivity index (χ2n) is 6.98. The molecular weight excluding hydrogens is 340 g/mol. The summed E-state index contributed by atoms with van der Waals surface area (Å²) >= 11 is 0. The van der Waals surface area contributed by atoms with E-state index in [0.717, 1.165) is 28.8 Å². The van der Waals surface area contributed by atoms with Gasteiger partial charge >= 0.3 is 0 Å². The SMILES string of the molecule is NC(=O)[C@H]1Cc2ccccc2CN1CC(=O)N1CCC(c2ccccc2)=N1. The summed E-state index contributed by atoms with van der Waals surface area (Å²) < 4.78 is 0. The quantitative estimate of drug-likeness (QED) is 0.896. The fourth-order valence-corrected chi connectivity index (χ4v) is 3.75. The first-order valence-corrected chi connectivity index (χ1v) is 9.15. The van der Waals surface area contributed by atoms with Gasteiger partial charge in [-0.25, -0.2) is 5.01 Å². The molecule has 138 valence electrons. The summed E-state index contributed by atoms with van der Waals surface area (Å²) in [6, 6.07) is 17.4. The van der Waals surface area contributed by atoms with Crippen LogP contribution in [0.4, 0.5) is 0 Å². The standard InChI is InChI=1S/C21H22N4O2/c22-21(27)19-12-16-8-4-5-9-17(16)13-24(19)14-20(26)25-11-10-18(23-25)15-6-2-1-3-7-15/h1-9,19H,10-14H2,(H2,22,27)/t19-/m1/s1. The van der Waals surface area contributed by atoms with Crippen molar-refractivity contribution in [2.24, 2.45) is 10.8 Å². The van der Waals surface area contributed by atoms with Gasteiger partial charge < -0.3 is 5.73 Å². The average molecular weight is 362 g/mol. The third kappa shape index (κ3) is 3.61. The van der Waals surface area contributed by atoms with E-state index in [1.165, 1.54) is 5.01 Å². The number of benzene rings is 2. The predicted molar refractivity (Wildman–Crippen MR) is 103 cm³/mol. The topological polar surface area (TPSA) is 79.0 Å². The van der Waals surface area contributed by atoms with E-state index < -0.39 is 11.9 Å². The normalized spacial score (nSPS) is 19.5. The molecule has 6 heteroatoms. The van der Waals surface area contributed by atoms with Crippen LogP contribution < -0.4 is 5.73 Å². The minimum Gasteiger partial charge on any atom is -0.368 e. The number of rotatable bonds is 4. The second kappa shape index (κ2) is 7.32. The molecule has 2 aliphatic rings. The van der Waals surface area contributed by atoms with Gasteiger partial charge in [-0.2, -0.15) is 5.10 Å². The molecule has 0 aliphatic carbocycles. The number of hydrogen-bond acceptors (Lipinski definition) is 4. The van der Waals surface area contributed by atoms with E-state index >= 15 is 0 Å². The molecule has 27 heavy (non-hydrogen) atoms. The summed E-state index contributed by atoms with van der Waals surface area (Å²) in [6.07, 6.45) is 1.27. The van der Waals surface area contributed by atoms with Gasteiger partial charge in [0.1, 0.15) is 0 Å². The van der Waals surface area contributed by atoms with Crippen molar-refractivity contribution in [1.82, 2.24) is 9.91 Å². The number of carbonyl (C=O) groups excluding carboxylic acids is 2. The van der Waals surface area contributed by atoms with E-state index in [9.17, 15) is 9.59 Å². The molecule has 2 N–H and O–H groups in total. The number of hydrazone groups is 1. The summed E-state index contributed by atoms with van der Waals surface area (Å²) in [4.78, 5) is 26.6. The second-order valence-corrected chi connectivity index (χ2v) is 6.98. The van der Waals surface area contributed by atoms with Gasteiger partial charge in [-0.1, -0.05) is 54.6 Å². The van der Waals surface area contributed by atoms with Gasteiger partial charge in [-0.3, -0.25) is 14.5 Å². The van der Waals surface area contributed by atoms with Crippen molar-refractivity contribution in [2.45, 2.75) is 25.4 Å². The Hall–Kier alpha value is -2.99. The first-order chi connectivity index (χ1) is 13.1. The minimum absolute atomic E-state index is 0.105. The Morgan fingerprint density at radius 2 is 1.74 bits per heavy atom. The summed E-state index contributed by atoms with van der Waals surface area (Å²) in [5.74, 6) is -0.501. The Morgan fingerprint density at radius 3 is 2.48 bits per heavy atom. The van der Waals surface area contributed by atoms with Crippen molar-refractivity contribution in [3.8, 4) is 0 Å². The van der Waals surface area contributed by atoms with Gasteiger partial charge in [0.05, 0.1) is 24.8 Å². The van der Waals surface area contributed by atoms with Gasteiger partial charge in [0, 0.05) is 13.0 Å². The summed E-state index contributed by atoms with van der Waals surface area (Å²) in [7, 11) is 0. The third-order valence-corrected chi connectivity index (χ3v) is 5.21. The Labute approximate surface area is 158 Å². The fraction of sp³-hybridized carbons (Fsp3) is 0.286. The lowest BCUT2D eigenvalue weighted by atomic mass is 9.93. The maximum Gasteiger partial charge on any atom is 0.256 e. The highest BCUT2D eigenvalue weighted by molar-refractivity contribution is 6.02. The molecule has 4 rings (SSSR count). The van der Waals surface area contributed by atoms with Crippen LogP contribution >= 0.6 is 0 Å². The van der Waals surface area contributed by atoms with Gasteiger partial charge in [0.15, 0.2) is 0 Å². The zero-order valence-electron chi connectivity index (χ0n) is 15.0. The van der Waals surface area contributed by atoms with Crippen LogP contribution in [0.1, 0.15) is 23.1 Å². The predicted octanol–water partition coefficient (Wildman–Crippen LogP) is 1.54. The summed E-state index contributed by atoms with van der Waals surface area (Å²) in [5.41, 5.74) is 9.82. The number of amides is 2. The maximum absolute atomic E-state index is 12.8. The Kier molecular flexibility index (Phi) is 4.73. The van der Waals surface area contributed by atoms with Crippen LogP contribution in [-0.4, -0.2) is 46.6 Å². The largest absolute Gasteiger partial charge is 0.368 e. The molecule has 6 nitrogen and oxygen atoms in total. The number of carbonyl (C=O) groups is 2. The number of primary amides is 1. The molecule has 2 aromatic carbocycles. The highest BCUT2D eigenvalue weighted by Crippen LogP contribution is 2.23. The lowest BCUT2D eigenvalue weighted by Crippen LogP contribution is -2.51. The van der Waals surface area contributed by atoms with E-state index in [2.05, 4.69) is 5.10 Å². The molecule has 2 amide bonds. The lowest BCUT2D eigenvalue weighted by molar-refractivity contribution is -0.134. The molecule has 1 atom stereocenters. The molecule has 0 unspecified atom stereocenters. The van der Waals surface area contributed by atoms with Crippen molar-refractivity contribution in [2.75, 3.05) is 13.1 Å². The zero-order valence-corrected chi connectivity index (χ0v) is 15.0. The highest BCUT2D eigenvalue weighted by Gasteiger charge is 2.33. The number of fused-ring (bicyclic) bond motifs is 1. The molecule has 0 saturated carbocycles. The van der Waals surface area contributed by atoms with E-state index in [1.54, 1.807) is 0 Å². The first kappa shape index (κ1) is 17.4. The Morgan fingerprint density at radius 1 is 1.04 bits per heavy atom. The average Bonchev–Trinajstić information content (AvgIpc) is 3.18. The number of nitrogens with two attached hydrogens (primary N) is 1. The van der Waals surface area contributed by atoms with E-state index in [1.807, 2.05) is 59.5 Å². The van der Waals surface area contributed by atoms with Crippen LogP contribution in [0, 0.1) is 0 Å². The minimum atomic E-state index is -0.468. The van der Waals surface area contributed by atoms with Crippen LogP contribution in [0.15, 0.2) is 59.7 Å². The molecule has 0 aromatic heterocycles. The van der Waals surface area contributed by atoms with Crippen molar-refractivity contribution >= 4 is 17.5 Å². The van der Waals surface area contributed by atoms with Crippen LogP contribution in [0.3, 0.4) is 0 Å². The fourth-order valence-electron chi connectivity index (χ4n) is 3.75. The Balaban J connectivity index is 1.49.